The van der Waals surface area contributed by atoms with Crippen molar-refractivity contribution in [2.45, 2.75) is 30.3 Å². The molecule has 2 heterocycles. The number of nitrogens with one attached hydrogen (secondary N) is 1. The van der Waals surface area contributed by atoms with E-state index in [1.807, 2.05) is 18.2 Å². The minimum Gasteiger partial charge on any atom is -0.498 e. The minimum absolute atomic E-state index is 0. The molecule has 1 fully saturated rings. The van der Waals surface area contributed by atoms with Gasteiger partial charge in [-0.25, -0.2) is 4.79 Å². The number of carboxylic acids is 1. The first kappa shape index (κ1) is 20.0. The number of aliphatic carboxylic acids is 1. The second kappa shape index (κ2) is 7.94. The van der Waals surface area contributed by atoms with Gasteiger partial charge in [0.1, 0.15) is 23.2 Å². The molecule has 6 N–H and O–H groups in total. The smallest absolute Gasteiger partial charge is 0.356 e. The SMILES string of the molecule is COC1=C(C(=O)O)N2C(=O)[C@@H](NC(=O)C(N)C3=CCC=CC3)[C@H]2SC1.O. The number of rotatable bonds is 5. The Hall–Kier alpha value is -2.30. The van der Waals surface area contributed by atoms with E-state index in [9.17, 15) is 19.5 Å². The monoisotopic (exact) mass is 383 g/mol. The quantitative estimate of drug-likeness (QED) is 0.411. The summed E-state index contributed by atoms with van der Waals surface area (Å²) >= 11 is 1.35. The highest BCUT2D eigenvalue weighted by Crippen LogP contribution is 2.40. The summed E-state index contributed by atoms with van der Waals surface area (Å²) in [5.74, 6) is -1.57. The standard InChI is InChI=1S/C16H19N3O5S.H2O/c1-24-9-7-25-15-11(14(21)19(15)12(9)16(22)23)18-13(20)10(17)8-5-3-2-4-6-8;/h2-3,6,10-11,15H,4-5,7,17H2,1H3,(H,18,20)(H,22,23);1H2/t10?,11-,15-;/m1./s1. The summed E-state index contributed by atoms with van der Waals surface area (Å²) in [5.41, 5.74) is 6.63. The molecule has 26 heavy (non-hydrogen) atoms. The van der Waals surface area contributed by atoms with Crippen LogP contribution in [0.3, 0.4) is 0 Å². The van der Waals surface area contributed by atoms with Crippen molar-refractivity contribution in [1.82, 2.24) is 10.2 Å². The summed E-state index contributed by atoms with van der Waals surface area (Å²) in [6, 6.07) is -1.60. The van der Waals surface area contributed by atoms with Crippen molar-refractivity contribution in [2.75, 3.05) is 12.9 Å². The lowest BCUT2D eigenvalue weighted by molar-refractivity contribution is -0.151. The fraction of sp³-hybridized carbons (Fsp3) is 0.438. The molecule has 3 rings (SSSR count). The number of thioether (sulfide) groups is 1. The average Bonchev–Trinajstić information content (AvgIpc) is 2.64. The molecular weight excluding hydrogens is 362 g/mol. The number of nitrogens with two attached hydrogens (primary N) is 1. The Labute approximate surface area is 154 Å². The van der Waals surface area contributed by atoms with Crippen LogP contribution in [-0.4, -0.2) is 63.6 Å². The van der Waals surface area contributed by atoms with Crippen LogP contribution in [0, 0.1) is 0 Å². The lowest BCUT2D eigenvalue weighted by atomic mass is 9.97. The Morgan fingerprint density at radius 2 is 2.19 bits per heavy atom. The second-order valence-corrected chi connectivity index (χ2v) is 6.95. The van der Waals surface area contributed by atoms with Crippen LogP contribution < -0.4 is 11.1 Å². The lowest BCUT2D eigenvalue weighted by Crippen LogP contribution is -2.71. The van der Waals surface area contributed by atoms with Crippen LogP contribution >= 0.6 is 11.8 Å². The maximum absolute atomic E-state index is 12.4. The van der Waals surface area contributed by atoms with Crippen molar-refractivity contribution in [1.29, 1.82) is 0 Å². The number of methoxy groups -OCH3 is 1. The summed E-state index contributed by atoms with van der Waals surface area (Å²) in [4.78, 5) is 37.4. The van der Waals surface area contributed by atoms with E-state index in [1.54, 1.807) is 0 Å². The number of hydrogen-bond donors (Lipinski definition) is 3. The third-order valence-electron chi connectivity index (χ3n) is 4.40. The van der Waals surface area contributed by atoms with Gasteiger partial charge in [-0.3, -0.25) is 14.5 Å². The summed E-state index contributed by atoms with van der Waals surface area (Å²) in [7, 11) is 1.37. The van der Waals surface area contributed by atoms with Gasteiger partial charge >= 0.3 is 5.97 Å². The van der Waals surface area contributed by atoms with Crippen molar-refractivity contribution in [3.05, 3.63) is 35.3 Å². The Balaban J connectivity index is 0.00000243. The first-order valence-corrected chi connectivity index (χ1v) is 8.85. The van der Waals surface area contributed by atoms with Gasteiger partial charge in [-0.2, -0.15) is 0 Å². The normalized spacial score (nSPS) is 25.4. The number of carbonyl (C=O) groups excluding carboxylic acids is 2. The van der Waals surface area contributed by atoms with Gasteiger partial charge in [0.2, 0.25) is 5.91 Å². The maximum Gasteiger partial charge on any atom is 0.356 e. The van der Waals surface area contributed by atoms with Crippen LogP contribution in [-0.2, 0) is 19.1 Å². The van der Waals surface area contributed by atoms with Gasteiger partial charge in [-0.05, 0) is 18.4 Å². The van der Waals surface area contributed by atoms with E-state index in [1.165, 1.54) is 18.9 Å². The predicted molar refractivity (Wildman–Crippen MR) is 94.7 cm³/mol. The zero-order chi connectivity index (χ0) is 18.1. The van der Waals surface area contributed by atoms with Gasteiger partial charge in [0, 0.05) is 0 Å². The molecule has 10 heteroatoms. The van der Waals surface area contributed by atoms with Crippen LogP contribution in [0.2, 0.25) is 0 Å². The molecule has 1 saturated heterocycles. The van der Waals surface area contributed by atoms with Gasteiger partial charge in [-0.1, -0.05) is 18.2 Å². The van der Waals surface area contributed by atoms with Crippen molar-refractivity contribution >= 4 is 29.5 Å². The topological polar surface area (TPSA) is 153 Å². The zero-order valence-corrected chi connectivity index (χ0v) is 14.9. The fourth-order valence-corrected chi connectivity index (χ4v) is 4.34. The highest BCUT2D eigenvalue weighted by molar-refractivity contribution is 8.00. The number of amides is 2. The molecule has 9 nitrogen and oxygen atoms in total. The molecule has 142 valence electrons. The van der Waals surface area contributed by atoms with Crippen molar-refractivity contribution in [3.63, 3.8) is 0 Å². The summed E-state index contributed by atoms with van der Waals surface area (Å²) in [6.45, 7) is 0. The third-order valence-corrected chi connectivity index (χ3v) is 5.65. The molecule has 0 bridgehead atoms. The Morgan fingerprint density at radius 3 is 2.77 bits per heavy atom. The van der Waals surface area contributed by atoms with Crippen LogP contribution in [0.1, 0.15) is 12.8 Å². The van der Waals surface area contributed by atoms with Crippen LogP contribution in [0.4, 0.5) is 0 Å². The summed E-state index contributed by atoms with van der Waals surface area (Å²) < 4.78 is 5.06. The van der Waals surface area contributed by atoms with Crippen molar-refractivity contribution in [2.24, 2.45) is 5.73 Å². The second-order valence-electron chi connectivity index (χ2n) is 5.85. The number of nitrogens with zero attached hydrogens (tertiary/aromatic N) is 1. The molecule has 2 amide bonds. The van der Waals surface area contributed by atoms with Crippen LogP contribution in [0.5, 0.6) is 0 Å². The van der Waals surface area contributed by atoms with Gasteiger partial charge in [0.15, 0.2) is 5.70 Å². The number of β-lactam (4-membered cyclic amide) rings is 1. The molecule has 0 aromatic carbocycles. The molecule has 0 spiro atoms. The fourth-order valence-electron chi connectivity index (χ4n) is 3.03. The Bertz CT molecular complexity index is 717. The number of ether oxygens (including phenoxy) is 1. The molecule has 0 aromatic rings. The minimum atomic E-state index is -1.23. The Kier molecular flexibility index (Phi) is 6.11. The summed E-state index contributed by atoms with van der Waals surface area (Å²) in [5, 5.41) is 11.5. The maximum atomic E-state index is 12.4. The molecule has 1 unspecified atom stereocenters. The summed E-state index contributed by atoms with van der Waals surface area (Å²) in [6.07, 6.45) is 7.20. The number of hydrogen-bond acceptors (Lipinski definition) is 6. The molecule has 0 aromatic heterocycles. The molecule has 3 aliphatic rings. The van der Waals surface area contributed by atoms with Gasteiger partial charge in [0.05, 0.1) is 12.9 Å². The molecule has 3 atom stereocenters. The first-order chi connectivity index (χ1) is 12.0. The number of allylic oxidation sites excluding steroid dienone is 3. The van der Waals surface area contributed by atoms with Gasteiger partial charge < -0.3 is 26.4 Å². The highest BCUT2D eigenvalue weighted by atomic mass is 32.2. The molecule has 1 aliphatic carbocycles. The van der Waals surface area contributed by atoms with Crippen LogP contribution in [0.25, 0.3) is 0 Å². The average molecular weight is 383 g/mol. The molecule has 2 aliphatic heterocycles. The van der Waals surface area contributed by atoms with E-state index in [4.69, 9.17) is 10.5 Å². The van der Waals surface area contributed by atoms with E-state index < -0.39 is 35.2 Å². The number of carbonyl (C=O) groups is 3. The van der Waals surface area contributed by atoms with Gasteiger partial charge in [0.25, 0.3) is 5.91 Å². The highest BCUT2D eigenvalue weighted by Gasteiger charge is 2.55. The Morgan fingerprint density at radius 1 is 1.46 bits per heavy atom. The van der Waals surface area contributed by atoms with Crippen molar-refractivity contribution < 1.29 is 29.7 Å². The molecule has 0 saturated carbocycles. The first-order valence-electron chi connectivity index (χ1n) is 7.80. The predicted octanol–water partition coefficient (Wildman–Crippen LogP) is -0.892. The van der Waals surface area contributed by atoms with E-state index in [2.05, 4.69) is 5.32 Å². The van der Waals surface area contributed by atoms with Crippen molar-refractivity contribution in [3.8, 4) is 0 Å². The number of fused-ring (bicyclic) bond motifs is 1. The molecule has 0 radical (unpaired) electrons. The zero-order valence-electron chi connectivity index (χ0n) is 14.1. The van der Waals surface area contributed by atoms with E-state index >= 15 is 0 Å². The van der Waals surface area contributed by atoms with Crippen LogP contribution in [0.15, 0.2) is 35.3 Å². The molecular formula is C16H21N3O6S. The van der Waals surface area contributed by atoms with E-state index in [0.717, 1.165) is 16.9 Å². The van der Waals surface area contributed by atoms with E-state index in [-0.39, 0.29) is 16.9 Å². The number of carboxylic acid groups (broad SMARTS) is 1. The van der Waals surface area contributed by atoms with E-state index in [0.29, 0.717) is 12.2 Å². The van der Waals surface area contributed by atoms with Gasteiger partial charge in [-0.15, -0.1) is 11.8 Å². The third kappa shape index (κ3) is 3.35. The lowest BCUT2D eigenvalue weighted by Gasteiger charge is -2.49. The largest absolute Gasteiger partial charge is 0.498 e.